The minimum absolute atomic E-state index is 0.144. The molecule has 1 N–H and O–H groups in total. The predicted octanol–water partition coefficient (Wildman–Crippen LogP) is 1.91. The molecule has 0 aliphatic rings. The number of rotatable bonds is 6. The standard InChI is InChI=1S/C13H21NO3S/c1-4-8-14(5-2)18(16,17)13-7-6-11(3)12(9-13)10-15/h6-7,9,15H,4-5,8,10H2,1-3H3. The topological polar surface area (TPSA) is 57.6 Å². The number of sulfonamides is 1. The average molecular weight is 271 g/mol. The van der Waals surface area contributed by atoms with Gasteiger partial charge in [0.1, 0.15) is 0 Å². The number of aliphatic hydroxyl groups is 1. The molecule has 0 fully saturated rings. The van der Waals surface area contributed by atoms with Crippen molar-refractivity contribution in [1.29, 1.82) is 0 Å². The van der Waals surface area contributed by atoms with Crippen molar-refractivity contribution in [3.63, 3.8) is 0 Å². The van der Waals surface area contributed by atoms with E-state index in [9.17, 15) is 13.5 Å². The largest absolute Gasteiger partial charge is 0.392 e. The highest BCUT2D eigenvalue weighted by molar-refractivity contribution is 7.89. The third-order valence-corrected chi connectivity index (χ3v) is 4.92. The van der Waals surface area contributed by atoms with Gasteiger partial charge in [0.25, 0.3) is 0 Å². The van der Waals surface area contributed by atoms with Crippen molar-refractivity contribution in [2.45, 2.75) is 38.7 Å². The third-order valence-electron chi connectivity index (χ3n) is 2.95. The summed E-state index contributed by atoms with van der Waals surface area (Å²) in [6.45, 7) is 6.46. The first-order valence-corrected chi connectivity index (χ1v) is 7.61. The average Bonchev–Trinajstić information content (AvgIpc) is 2.35. The summed E-state index contributed by atoms with van der Waals surface area (Å²) in [6, 6.07) is 4.89. The molecule has 102 valence electrons. The zero-order valence-electron chi connectivity index (χ0n) is 11.2. The molecule has 0 radical (unpaired) electrons. The van der Waals surface area contributed by atoms with Gasteiger partial charge < -0.3 is 5.11 Å². The summed E-state index contributed by atoms with van der Waals surface area (Å²) in [5, 5.41) is 9.20. The maximum absolute atomic E-state index is 12.4. The molecule has 0 aromatic heterocycles. The SMILES string of the molecule is CCCN(CC)S(=O)(=O)c1ccc(C)c(CO)c1. The van der Waals surface area contributed by atoms with Gasteiger partial charge in [-0.25, -0.2) is 8.42 Å². The smallest absolute Gasteiger partial charge is 0.243 e. The Morgan fingerprint density at radius 3 is 2.44 bits per heavy atom. The van der Waals surface area contributed by atoms with Crippen LogP contribution in [-0.2, 0) is 16.6 Å². The van der Waals surface area contributed by atoms with E-state index >= 15 is 0 Å². The molecule has 18 heavy (non-hydrogen) atoms. The fourth-order valence-corrected chi connectivity index (χ4v) is 3.42. The molecule has 0 spiro atoms. The summed E-state index contributed by atoms with van der Waals surface area (Å²) in [6.07, 6.45) is 0.784. The van der Waals surface area contributed by atoms with E-state index in [1.54, 1.807) is 18.2 Å². The van der Waals surface area contributed by atoms with Gasteiger partial charge >= 0.3 is 0 Å². The van der Waals surface area contributed by atoms with Crippen LogP contribution in [0.4, 0.5) is 0 Å². The molecule has 1 rings (SSSR count). The van der Waals surface area contributed by atoms with Gasteiger partial charge in [-0.3, -0.25) is 0 Å². The summed E-state index contributed by atoms with van der Waals surface area (Å²) in [7, 11) is -3.44. The number of benzene rings is 1. The molecule has 0 saturated heterocycles. The summed E-state index contributed by atoms with van der Waals surface area (Å²) < 4.78 is 26.2. The van der Waals surface area contributed by atoms with Crippen molar-refractivity contribution in [3.05, 3.63) is 29.3 Å². The lowest BCUT2D eigenvalue weighted by molar-refractivity contribution is 0.280. The van der Waals surface area contributed by atoms with Crippen molar-refractivity contribution in [2.75, 3.05) is 13.1 Å². The molecule has 0 aliphatic carbocycles. The Morgan fingerprint density at radius 2 is 1.94 bits per heavy atom. The molecule has 0 amide bonds. The minimum Gasteiger partial charge on any atom is -0.392 e. The number of hydrogen-bond acceptors (Lipinski definition) is 3. The first kappa shape index (κ1) is 15.1. The fraction of sp³-hybridized carbons (Fsp3) is 0.538. The van der Waals surface area contributed by atoms with E-state index < -0.39 is 10.0 Å². The maximum Gasteiger partial charge on any atom is 0.243 e. The highest BCUT2D eigenvalue weighted by atomic mass is 32.2. The van der Waals surface area contributed by atoms with E-state index in [1.165, 1.54) is 4.31 Å². The quantitative estimate of drug-likeness (QED) is 0.860. The van der Waals surface area contributed by atoms with E-state index in [-0.39, 0.29) is 11.5 Å². The van der Waals surface area contributed by atoms with Crippen LogP contribution in [0.15, 0.2) is 23.1 Å². The lowest BCUT2D eigenvalue weighted by Gasteiger charge is -2.20. The summed E-state index contributed by atoms with van der Waals surface area (Å²) in [4.78, 5) is 0.257. The van der Waals surface area contributed by atoms with Crippen LogP contribution < -0.4 is 0 Å². The second-order valence-corrected chi connectivity index (χ2v) is 6.18. The van der Waals surface area contributed by atoms with Crippen LogP contribution in [0.5, 0.6) is 0 Å². The molecule has 5 heteroatoms. The van der Waals surface area contributed by atoms with Crippen LogP contribution in [0.2, 0.25) is 0 Å². The van der Waals surface area contributed by atoms with Crippen molar-refractivity contribution >= 4 is 10.0 Å². The van der Waals surface area contributed by atoms with Crippen LogP contribution >= 0.6 is 0 Å². The maximum atomic E-state index is 12.4. The number of nitrogens with zero attached hydrogens (tertiary/aromatic N) is 1. The molecule has 1 aromatic rings. The van der Waals surface area contributed by atoms with Gasteiger partial charge in [-0.2, -0.15) is 4.31 Å². The van der Waals surface area contributed by atoms with Gasteiger partial charge in [-0.1, -0.05) is 19.9 Å². The monoisotopic (exact) mass is 271 g/mol. The Morgan fingerprint density at radius 1 is 1.28 bits per heavy atom. The van der Waals surface area contributed by atoms with Crippen LogP contribution in [0.25, 0.3) is 0 Å². The molecule has 1 aromatic carbocycles. The van der Waals surface area contributed by atoms with Crippen LogP contribution in [0, 0.1) is 6.92 Å². The number of aliphatic hydroxyl groups excluding tert-OH is 1. The van der Waals surface area contributed by atoms with Crippen molar-refractivity contribution in [3.8, 4) is 0 Å². The highest BCUT2D eigenvalue weighted by Gasteiger charge is 2.22. The van der Waals surface area contributed by atoms with Gasteiger partial charge in [0.2, 0.25) is 10.0 Å². The van der Waals surface area contributed by atoms with Crippen LogP contribution in [-0.4, -0.2) is 30.9 Å². The second kappa shape index (κ2) is 6.31. The van der Waals surface area contributed by atoms with E-state index in [2.05, 4.69) is 0 Å². The van der Waals surface area contributed by atoms with Gasteiger partial charge in [-0.05, 0) is 36.6 Å². The zero-order valence-corrected chi connectivity index (χ0v) is 12.0. The van der Waals surface area contributed by atoms with Gasteiger partial charge in [-0.15, -0.1) is 0 Å². The van der Waals surface area contributed by atoms with E-state index in [4.69, 9.17) is 0 Å². The third kappa shape index (κ3) is 3.10. The first-order valence-electron chi connectivity index (χ1n) is 6.17. The molecular formula is C13H21NO3S. The Bertz CT molecular complexity index is 497. The van der Waals surface area contributed by atoms with Gasteiger partial charge in [0.05, 0.1) is 11.5 Å². The zero-order chi connectivity index (χ0) is 13.8. The van der Waals surface area contributed by atoms with Crippen LogP contribution in [0.1, 0.15) is 31.4 Å². The summed E-state index contributed by atoms with van der Waals surface area (Å²) in [5.74, 6) is 0. The molecule has 0 aliphatic heterocycles. The Kier molecular flexibility index (Phi) is 5.31. The molecule has 0 unspecified atom stereocenters. The Hall–Kier alpha value is -0.910. The lowest BCUT2D eigenvalue weighted by atomic mass is 10.1. The molecule has 0 saturated carbocycles. The molecule has 0 bridgehead atoms. The van der Waals surface area contributed by atoms with Crippen LogP contribution in [0.3, 0.4) is 0 Å². The van der Waals surface area contributed by atoms with Crippen molar-refractivity contribution < 1.29 is 13.5 Å². The van der Waals surface area contributed by atoms with Crippen molar-refractivity contribution in [2.24, 2.45) is 0 Å². The summed E-state index contributed by atoms with van der Waals surface area (Å²) >= 11 is 0. The molecule has 4 nitrogen and oxygen atoms in total. The Balaban J connectivity index is 3.19. The number of hydrogen-bond donors (Lipinski definition) is 1. The predicted molar refractivity (Wildman–Crippen MR) is 71.8 cm³/mol. The van der Waals surface area contributed by atoms with E-state index in [0.29, 0.717) is 18.7 Å². The normalized spacial score (nSPS) is 12.1. The van der Waals surface area contributed by atoms with Gasteiger partial charge in [0.15, 0.2) is 0 Å². The molecule has 0 atom stereocenters. The highest BCUT2D eigenvalue weighted by Crippen LogP contribution is 2.19. The Labute approximate surface area is 109 Å². The molecule has 0 heterocycles. The summed E-state index contributed by atoms with van der Waals surface area (Å²) in [5.41, 5.74) is 1.55. The van der Waals surface area contributed by atoms with E-state index in [1.807, 2.05) is 20.8 Å². The number of aryl methyl sites for hydroxylation is 1. The minimum atomic E-state index is -3.44. The van der Waals surface area contributed by atoms with Crippen molar-refractivity contribution in [1.82, 2.24) is 4.31 Å². The van der Waals surface area contributed by atoms with Gasteiger partial charge in [0, 0.05) is 13.1 Å². The first-order chi connectivity index (χ1) is 8.47. The fourth-order valence-electron chi connectivity index (χ4n) is 1.83. The lowest BCUT2D eigenvalue weighted by Crippen LogP contribution is -2.31. The molecular weight excluding hydrogens is 250 g/mol. The second-order valence-electron chi connectivity index (χ2n) is 4.24. The van der Waals surface area contributed by atoms with E-state index in [0.717, 1.165) is 12.0 Å².